The normalized spacial score (nSPS) is 16.1. The zero-order chi connectivity index (χ0) is 21.4. The maximum absolute atomic E-state index is 12.8. The van der Waals surface area contributed by atoms with E-state index in [9.17, 15) is 9.90 Å². The van der Waals surface area contributed by atoms with Crippen molar-refractivity contribution in [1.29, 1.82) is 0 Å². The van der Waals surface area contributed by atoms with Crippen molar-refractivity contribution in [2.24, 2.45) is 5.41 Å². The Hall–Kier alpha value is -2.73. The van der Waals surface area contributed by atoms with Crippen LogP contribution < -0.4 is 9.47 Å². The molecular weight excluding hydrogens is 382 g/mol. The standard InChI is InChI=1S/C24H31NO5/c1-3-29-23(27)24(13-16-30-20-7-5-4-6-8-20)11-14-25(15-12-24)18-19-17-21(28-2)9-10-22(19)26/h4-10,17,26H,3,11-16,18H2,1-2H3. The average Bonchev–Trinajstić information content (AvgIpc) is 2.77. The van der Waals surface area contributed by atoms with Gasteiger partial charge < -0.3 is 19.3 Å². The van der Waals surface area contributed by atoms with Gasteiger partial charge in [0.25, 0.3) is 0 Å². The molecule has 1 heterocycles. The number of nitrogens with zero attached hydrogens (tertiary/aromatic N) is 1. The fraction of sp³-hybridized carbons (Fsp3) is 0.458. The number of benzene rings is 2. The van der Waals surface area contributed by atoms with E-state index in [1.54, 1.807) is 19.2 Å². The van der Waals surface area contributed by atoms with E-state index in [2.05, 4.69) is 4.90 Å². The van der Waals surface area contributed by atoms with Gasteiger partial charge in [0, 0.05) is 12.1 Å². The fourth-order valence-electron chi connectivity index (χ4n) is 3.92. The molecular formula is C24H31NO5. The lowest BCUT2D eigenvalue weighted by molar-refractivity contribution is -0.159. The first-order chi connectivity index (χ1) is 14.6. The summed E-state index contributed by atoms with van der Waals surface area (Å²) in [4.78, 5) is 15.1. The molecule has 1 N–H and O–H groups in total. The summed E-state index contributed by atoms with van der Waals surface area (Å²) in [7, 11) is 1.61. The van der Waals surface area contributed by atoms with Gasteiger partial charge in [0.05, 0.1) is 25.7 Å². The van der Waals surface area contributed by atoms with Gasteiger partial charge in [-0.15, -0.1) is 0 Å². The third-order valence-corrected chi connectivity index (χ3v) is 5.79. The molecule has 1 aliphatic heterocycles. The molecule has 2 aromatic carbocycles. The van der Waals surface area contributed by atoms with Gasteiger partial charge in [0.2, 0.25) is 0 Å². The van der Waals surface area contributed by atoms with Gasteiger partial charge in [0.15, 0.2) is 0 Å². The van der Waals surface area contributed by atoms with Crippen molar-refractivity contribution in [2.75, 3.05) is 33.4 Å². The van der Waals surface area contributed by atoms with Crippen LogP contribution in [0.25, 0.3) is 0 Å². The summed E-state index contributed by atoms with van der Waals surface area (Å²) in [5.74, 6) is 1.65. The molecule has 0 saturated carbocycles. The molecule has 6 heteroatoms. The van der Waals surface area contributed by atoms with Crippen LogP contribution in [0, 0.1) is 5.41 Å². The summed E-state index contributed by atoms with van der Waals surface area (Å²) >= 11 is 0. The van der Waals surface area contributed by atoms with Crippen molar-refractivity contribution < 1.29 is 24.1 Å². The molecule has 162 valence electrons. The number of aromatic hydroxyl groups is 1. The number of carbonyl (C=O) groups is 1. The lowest BCUT2D eigenvalue weighted by Gasteiger charge is -2.40. The summed E-state index contributed by atoms with van der Waals surface area (Å²) < 4.78 is 16.5. The van der Waals surface area contributed by atoms with Crippen LogP contribution in [0.4, 0.5) is 0 Å². The van der Waals surface area contributed by atoms with Crippen molar-refractivity contribution in [1.82, 2.24) is 4.90 Å². The van der Waals surface area contributed by atoms with Gasteiger partial charge in [0.1, 0.15) is 17.2 Å². The van der Waals surface area contributed by atoms with Gasteiger partial charge >= 0.3 is 5.97 Å². The molecule has 0 aliphatic carbocycles. The van der Waals surface area contributed by atoms with Gasteiger partial charge in [-0.1, -0.05) is 18.2 Å². The maximum atomic E-state index is 12.8. The fourth-order valence-corrected chi connectivity index (χ4v) is 3.92. The number of phenols is 1. The summed E-state index contributed by atoms with van der Waals surface area (Å²) in [6.45, 7) is 4.80. The molecule has 6 nitrogen and oxygen atoms in total. The summed E-state index contributed by atoms with van der Waals surface area (Å²) in [5, 5.41) is 10.2. The van der Waals surface area contributed by atoms with Gasteiger partial charge in [-0.25, -0.2) is 0 Å². The van der Waals surface area contributed by atoms with E-state index in [-0.39, 0.29) is 11.7 Å². The van der Waals surface area contributed by atoms with E-state index in [4.69, 9.17) is 14.2 Å². The summed E-state index contributed by atoms with van der Waals surface area (Å²) in [6.07, 6.45) is 2.03. The van der Waals surface area contributed by atoms with Gasteiger partial charge in [-0.05, 0) is 69.6 Å². The molecule has 0 unspecified atom stereocenters. The predicted octanol–water partition coefficient (Wildman–Crippen LogP) is 4.02. The second kappa shape index (κ2) is 10.3. The molecule has 3 rings (SSSR count). The number of hydrogen-bond donors (Lipinski definition) is 1. The number of esters is 1. The van der Waals surface area contributed by atoms with E-state index in [0.29, 0.717) is 39.0 Å². The number of likely N-dealkylation sites (tertiary alicyclic amines) is 1. The van der Waals surface area contributed by atoms with Crippen molar-refractivity contribution >= 4 is 5.97 Å². The minimum Gasteiger partial charge on any atom is -0.508 e. The van der Waals surface area contributed by atoms with E-state index in [0.717, 1.165) is 30.2 Å². The predicted molar refractivity (Wildman–Crippen MR) is 115 cm³/mol. The third kappa shape index (κ3) is 5.45. The zero-order valence-corrected chi connectivity index (χ0v) is 17.8. The number of hydrogen-bond acceptors (Lipinski definition) is 6. The Labute approximate surface area is 178 Å². The SMILES string of the molecule is CCOC(=O)C1(CCOc2ccccc2)CCN(Cc2cc(OC)ccc2O)CC1. The Kier molecular flexibility index (Phi) is 7.57. The van der Waals surface area contributed by atoms with Crippen molar-refractivity contribution in [3.05, 3.63) is 54.1 Å². The summed E-state index contributed by atoms with van der Waals surface area (Å²) in [5.41, 5.74) is 0.294. The Bertz CT molecular complexity index is 816. The van der Waals surface area contributed by atoms with Crippen molar-refractivity contribution in [3.63, 3.8) is 0 Å². The second-order valence-electron chi connectivity index (χ2n) is 7.68. The molecule has 0 radical (unpaired) electrons. The molecule has 0 amide bonds. The topological polar surface area (TPSA) is 68.2 Å². The highest BCUT2D eigenvalue weighted by Gasteiger charge is 2.42. The van der Waals surface area contributed by atoms with Crippen LogP contribution >= 0.6 is 0 Å². The number of phenolic OH excluding ortho intramolecular Hbond substituents is 1. The lowest BCUT2D eigenvalue weighted by atomic mass is 9.75. The van der Waals surface area contributed by atoms with Crippen LogP contribution in [0.1, 0.15) is 31.7 Å². The number of rotatable bonds is 9. The van der Waals surface area contributed by atoms with Gasteiger partial charge in [-0.3, -0.25) is 9.69 Å². The Morgan fingerprint density at radius 2 is 1.83 bits per heavy atom. The smallest absolute Gasteiger partial charge is 0.312 e. The monoisotopic (exact) mass is 413 g/mol. The first kappa shape index (κ1) is 22.0. The molecule has 0 bridgehead atoms. The number of methoxy groups -OCH3 is 1. The lowest BCUT2D eigenvalue weighted by Crippen LogP contribution is -2.45. The van der Waals surface area contributed by atoms with Gasteiger partial charge in [-0.2, -0.15) is 0 Å². The molecule has 0 aromatic heterocycles. The molecule has 1 aliphatic rings. The number of carbonyl (C=O) groups excluding carboxylic acids is 1. The van der Waals surface area contributed by atoms with Crippen LogP contribution in [0.3, 0.4) is 0 Å². The zero-order valence-electron chi connectivity index (χ0n) is 17.8. The van der Waals surface area contributed by atoms with Crippen molar-refractivity contribution in [2.45, 2.75) is 32.7 Å². The first-order valence-corrected chi connectivity index (χ1v) is 10.5. The number of piperidine rings is 1. The average molecular weight is 414 g/mol. The van der Waals surface area contributed by atoms with Crippen molar-refractivity contribution in [3.8, 4) is 17.2 Å². The number of ether oxygens (including phenoxy) is 3. The minimum atomic E-state index is -0.530. The molecule has 2 aromatic rings. The molecule has 1 saturated heterocycles. The van der Waals surface area contributed by atoms with E-state index < -0.39 is 5.41 Å². The van der Waals surface area contributed by atoms with E-state index in [1.807, 2.05) is 43.3 Å². The van der Waals surface area contributed by atoms with Crippen LogP contribution in [0.15, 0.2) is 48.5 Å². The minimum absolute atomic E-state index is 0.134. The third-order valence-electron chi connectivity index (χ3n) is 5.79. The van der Waals surface area contributed by atoms with Crippen LogP contribution in [-0.4, -0.2) is 49.4 Å². The summed E-state index contributed by atoms with van der Waals surface area (Å²) in [6, 6.07) is 14.9. The highest BCUT2D eigenvalue weighted by molar-refractivity contribution is 5.77. The Morgan fingerprint density at radius 1 is 1.10 bits per heavy atom. The van der Waals surface area contributed by atoms with Crippen LogP contribution in [0.5, 0.6) is 17.2 Å². The second-order valence-corrected chi connectivity index (χ2v) is 7.68. The highest BCUT2D eigenvalue weighted by atomic mass is 16.5. The molecule has 0 atom stereocenters. The first-order valence-electron chi connectivity index (χ1n) is 10.5. The Balaban J connectivity index is 1.61. The van der Waals surface area contributed by atoms with Crippen LogP contribution in [-0.2, 0) is 16.1 Å². The van der Waals surface area contributed by atoms with E-state index >= 15 is 0 Å². The highest BCUT2D eigenvalue weighted by Crippen LogP contribution is 2.38. The largest absolute Gasteiger partial charge is 0.508 e. The van der Waals surface area contributed by atoms with Crippen LogP contribution in [0.2, 0.25) is 0 Å². The Morgan fingerprint density at radius 3 is 2.50 bits per heavy atom. The number of para-hydroxylation sites is 1. The molecule has 0 spiro atoms. The maximum Gasteiger partial charge on any atom is 0.312 e. The molecule has 1 fully saturated rings. The van der Waals surface area contributed by atoms with E-state index in [1.165, 1.54) is 0 Å². The quantitative estimate of drug-likeness (QED) is 0.627. The molecule has 30 heavy (non-hydrogen) atoms.